The third-order valence-corrected chi connectivity index (χ3v) is 6.26. The zero-order chi connectivity index (χ0) is 40.4. The van der Waals surface area contributed by atoms with E-state index < -0.39 is 0 Å². The van der Waals surface area contributed by atoms with Gasteiger partial charge in [-0.25, -0.2) is 0 Å². The molecule has 300 valence electrons. The Labute approximate surface area is 316 Å². The summed E-state index contributed by atoms with van der Waals surface area (Å²) in [5, 5.41) is 16.2. The largest absolute Gasteiger partial charge is 0.483 e. The number of ether oxygens (including phenoxy) is 2. The van der Waals surface area contributed by atoms with Gasteiger partial charge < -0.3 is 42.0 Å². The predicted octanol–water partition coefficient (Wildman–Crippen LogP) is 3.21. The van der Waals surface area contributed by atoms with Crippen molar-refractivity contribution >= 4 is 61.9 Å². The minimum absolute atomic E-state index is 0.188. The van der Waals surface area contributed by atoms with Crippen molar-refractivity contribution in [1.82, 2.24) is 20.9 Å². The van der Waals surface area contributed by atoms with E-state index in [4.69, 9.17) is 29.0 Å². The van der Waals surface area contributed by atoms with Crippen molar-refractivity contribution in [3.8, 4) is 0 Å². The topological polar surface area (TPSA) is 232 Å². The van der Waals surface area contributed by atoms with Gasteiger partial charge in [-0.2, -0.15) is 12.6 Å². The van der Waals surface area contributed by atoms with E-state index in [1.165, 1.54) is 48.5 Å². The lowest BCUT2D eigenvalue weighted by Crippen LogP contribution is -2.30. The number of allylic oxidation sites excluding steroid dienone is 1. The average molecular weight is 769 g/mol. The molecule has 0 radical (unpaired) electrons. The Morgan fingerprint density at radius 1 is 0.824 bits per heavy atom. The number of nitrogens with one attached hydrogen (secondary N) is 3. The quantitative estimate of drug-likeness (QED) is 0.0233. The number of unbranched alkanes of at least 4 members (excludes halogenated alkanes) is 3. The van der Waals surface area contributed by atoms with Gasteiger partial charge in [0.1, 0.15) is 0 Å². The number of hydrogen-bond acceptors (Lipinski definition) is 12. The number of primary amides is 2. The smallest absolute Gasteiger partial charge is 0.290 e. The molecule has 5 amide bonds. The second kappa shape index (κ2) is 58.7. The molecule has 0 bridgehead atoms. The van der Waals surface area contributed by atoms with Crippen LogP contribution >= 0.6 is 24.4 Å². The molecule has 0 aliphatic carbocycles. The maximum atomic E-state index is 10.8. The molecule has 0 fully saturated rings. The first kappa shape index (κ1) is 59.6. The van der Waals surface area contributed by atoms with Gasteiger partial charge >= 0.3 is 0 Å². The summed E-state index contributed by atoms with van der Waals surface area (Å²) in [6.45, 7) is 20.3. The van der Waals surface area contributed by atoms with Crippen LogP contribution in [0.25, 0.3) is 0 Å². The molecule has 0 aromatic heterocycles. The van der Waals surface area contributed by atoms with Crippen LogP contribution in [0.2, 0.25) is 0 Å². The van der Waals surface area contributed by atoms with Crippen LogP contribution in [0.15, 0.2) is 36.7 Å². The van der Waals surface area contributed by atoms with Crippen LogP contribution in [0, 0.1) is 0 Å². The number of hydrogen-bond donors (Lipinski definition) is 7. The van der Waals surface area contributed by atoms with Crippen molar-refractivity contribution < 1.29 is 43.3 Å². The molecular weight excluding hydrogens is 701 g/mol. The molecule has 0 atom stereocenters. The van der Waals surface area contributed by atoms with Crippen LogP contribution in [-0.2, 0) is 38.2 Å². The van der Waals surface area contributed by atoms with E-state index in [0.717, 1.165) is 49.5 Å². The molecule has 1 aliphatic heterocycles. The van der Waals surface area contributed by atoms with Gasteiger partial charge in [-0.3, -0.25) is 33.7 Å². The summed E-state index contributed by atoms with van der Waals surface area (Å²) in [5.74, 6) is 1.79. The summed E-state index contributed by atoms with van der Waals surface area (Å²) in [6, 6.07) is 0. The highest BCUT2D eigenvalue weighted by Crippen LogP contribution is 2.07. The number of thiol groups is 1. The van der Waals surface area contributed by atoms with E-state index in [1.807, 2.05) is 32.5 Å². The zero-order valence-electron chi connectivity index (χ0n) is 31.6. The summed E-state index contributed by atoms with van der Waals surface area (Å²) in [6.07, 6.45) is 14.3. The van der Waals surface area contributed by atoms with Crippen molar-refractivity contribution in [2.45, 2.75) is 79.1 Å². The third-order valence-electron chi connectivity index (χ3n) is 5.33. The maximum absolute atomic E-state index is 10.8. The lowest BCUT2D eigenvalue weighted by Gasteiger charge is -2.12. The molecule has 1 heterocycles. The highest BCUT2D eigenvalue weighted by molar-refractivity contribution is 7.99. The third kappa shape index (κ3) is 59.0. The fourth-order valence-corrected chi connectivity index (χ4v) is 4.06. The van der Waals surface area contributed by atoms with Crippen LogP contribution in [0.3, 0.4) is 0 Å². The predicted molar refractivity (Wildman–Crippen MR) is 212 cm³/mol. The molecule has 0 unspecified atom stereocenters. The Morgan fingerprint density at radius 3 is 1.82 bits per heavy atom. The summed E-state index contributed by atoms with van der Waals surface area (Å²) < 4.78 is 10.8. The van der Waals surface area contributed by atoms with Gasteiger partial charge in [0.05, 0.1) is 25.7 Å². The lowest BCUT2D eigenvalue weighted by molar-refractivity contribution is -0.136. The van der Waals surface area contributed by atoms with E-state index in [0.29, 0.717) is 45.9 Å². The Morgan fingerprint density at radius 2 is 1.33 bits per heavy atom. The van der Waals surface area contributed by atoms with Crippen molar-refractivity contribution in [3.63, 3.8) is 0 Å². The number of thioether (sulfide) groups is 1. The molecule has 51 heavy (non-hydrogen) atoms. The summed E-state index contributed by atoms with van der Waals surface area (Å²) >= 11 is 5.47. The van der Waals surface area contributed by atoms with Gasteiger partial charge in [-0.05, 0) is 37.7 Å². The second-order valence-corrected chi connectivity index (χ2v) is 10.2. The summed E-state index contributed by atoms with van der Waals surface area (Å²) in [5.41, 5.74) is 10.4. The van der Waals surface area contributed by atoms with E-state index in [9.17, 15) is 14.4 Å². The van der Waals surface area contributed by atoms with Crippen molar-refractivity contribution in [1.29, 1.82) is 0 Å². The second-order valence-electron chi connectivity index (χ2n) is 9.11. The van der Waals surface area contributed by atoms with E-state index in [2.05, 4.69) is 60.1 Å². The standard InChI is InChI=1S/C21H41N3O3S.C7H9NO2.C2H6.2CH3NO.CH2O2.CH4S/c1-4-5-6-7-17-28-19-24-21(3)10-11-23-20(2)9-8-13-26-15-16-27-14-12-22-18-25;1-2-5-8-6(9)3-4-7(8)10;1-2;3*2-1-3;1-2/h18,23-24H,2-17,19H2,1H3,(H,22,25);3-4H,2,5H2,1H3;1-2H3;2*1H,(H2,2,3);1H,(H,2,3);2H,1H3. The van der Waals surface area contributed by atoms with Gasteiger partial charge in [-0.1, -0.05) is 60.1 Å². The van der Waals surface area contributed by atoms with Crippen molar-refractivity contribution in [2.75, 3.05) is 63.9 Å². The monoisotopic (exact) mass is 768 g/mol. The van der Waals surface area contributed by atoms with Gasteiger partial charge in [0.25, 0.3) is 18.3 Å². The number of nitrogens with two attached hydrogens (primary N) is 2. The molecule has 1 aliphatic rings. The number of rotatable bonds is 25. The van der Waals surface area contributed by atoms with Gasteiger partial charge in [0.2, 0.25) is 19.2 Å². The molecule has 8 N–H and O–H groups in total. The molecule has 0 spiro atoms. The van der Waals surface area contributed by atoms with Crippen LogP contribution in [0.1, 0.15) is 79.1 Å². The summed E-state index contributed by atoms with van der Waals surface area (Å²) in [7, 11) is 0. The van der Waals surface area contributed by atoms with Gasteiger partial charge in [-0.15, -0.1) is 11.8 Å². The SMILES string of the molecule is C=C(CCCOCCOCCNC=O)NCCC(=C)NCSCCCCCC.CC.CCCN1C(=O)C=CC1=O.CS.NC=O.NC=O.O=CO. The maximum Gasteiger partial charge on any atom is 0.290 e. The van der Waals surface area contributed by atoms with Gasteiger partial charge in [0, 0.05) is 56.2 Å². The normalized spacial score (nSPS) is 10.0. The number of amides is 5. The molecule has 1 rings (SSSR count). The first-order valence-electron chi connectivity index (χ1n) is 16.8. The highest BCUT2D eigenvalue weighted by Gasteiger charge is 2.21. The first-order valence-corrected chi connectivity index (χ1v) is 18.9. The highest BCUT2D eigenvalue weighted by atomic mass is 32.2. The Hall–Kier alpha value is -3.54. The fraction of sp³-hybridized carbons (Fsp3) is 0.647. The molecule has 0 aromatic carbocycles. The van der Waals surface area contributed by atoms with Gasteiger partial charge in [0.15, 0.2) is 0 Å². The minimum Gasteiger partial charge on any atom is -0.483 e. The van der Waals surface area contributed by atoms with E-state index in [1.54, 1.807) is 6.26 Å². The van der Waals surface area contributed by atoms with Crippen LogP contribution in [0.4, 0.5) is 0 Å². The minimum atomic E-state index is -0.250. The molecule has 15 nitrogen and oxygen atoms in total. The average Bonchev–Trinajstić information content (AvgIpc) is 3.44. The number of imide groups is 1. The molecule has 0 saturated carbocycles. The number of nitrogens with zero attached hydrogens (tertiary/aromatic N) is 1. The fourth-order valence-electron chi connectivity index (χ4n) is 3.20. The Bertz CT molecular complexity index is 823. The summed E-state index contributed by atoms with van der Waals surface area (Å²) in [4.78, 5) is 58.4. The number of carbonyl (C=O) groups excluding carboxylic acids is 5. The first-order chi connectivity index (χ1) is 24.7. The van der Waals surface area contributed by atoms with Crippen molar-refractivity contribution in [3.05, 3.63) is 36.7 Å². The van der Waals surface area contributed by atoms with Crippen LogP contribution in [0.5, 0.6) is 0 Å². The zero-order valence-corrected chi connectivity index (χ0v) is 33.3. The Kier molecular flexibility index (Phi) is 68.5. The van der Waals surface area contributed by atoms with Crippen molar-refractivity contribution in [2.24, 2.45) is 11.5 Å². The molecule has 0 aromatic rings. The lowest BCUT2D eigenvalue weighted by atomic mass is 10.2. The van der Waals surface area contributed by atoms with Crippen LogP contribution < -0.4 is 27.4 Å². The molecule has 0 saturated heterocycles. The number of carbonyl (C=O) groups is 6. The Balaban J connectivity index is -0.000000178. The number of carboxylic acid groups (broad SMARTS) is 1. The molecule has 17 heteroatoms. The van der Waals surface area contributed by atoms with E-state index in [-0.39, 0.29) is 31.1 Å². The molecular formula is C34H68N6O9S2. The van der Waals surface area contributed by atoms with Crippen LogP contribution in [-0.4, -0.2) is 111 Å². The van der Waals surface area contributed by atoms with E-state index >= 15 is 0 Å².